The van der Waals surface area contributed by atoms with E-state index in [1.807, 2.05) is 13.8 Å². The highest BCUT2D eigenvalue weighted by molar-refractivity contribution is 6.03. The summed E-state index contributed by atoms with van der Waals surface area (Å²) in [6.07, 6.45) is 5.58. The van der Waals surface area contributed by atoms with Gasteiger partial charge in [-0.05, 0) is 56.7 Å². The molecule has 1 fully saturated rings. The molecule has 1 unspecified atom stereocenters. The number of alkyl halides is 1. The quantitative estimate of drug-likeness (QED) is 0.221. The van der Waals surface area contributed by atoms with Crippen LogP contribution in [0, 0.1) is 5.92 Å². The second kappa shape index (κ2) is 11.6. The van der Waals surface area contributed by atoms with E-state index in [2.05, 4.69) is 15.3 Å². The molecule has 0 radical (unpaired) electrons. The fourth-order valence-electron chi connectivity index (χ4n) is 3.91. The first-order chi connectivity index (χ1) is 16.7. The van der Waals surface area contributed by atoms with Gasteiger partial charge in [0, 0.05) is 36.2 Å². The molecule has 7 nitrogen and oxygen atoms in total. The highest BCUT2D eigenvalue weighted by Crippen LogP contribution is 2.33. The molecule has 1 aliphatic carbocycles. The zero-order valence-corrected chi connectivity index (χ0v) is 21.1. The number of benzene rings is 1. The summed E-state index contributed by atoms with van der Waals surface area (Å²) in [5, 5.41) is 14.2. The number of rotatable bonds is 12. The van der Waals surface area contributed by atoms with Crippen LogP contribution in [0.5, 0.6) is 5.75 Å². The number of amides is 1. The molecule has 35 heavy (non-hydrogen) atoms. The number of ether oxygens (including phenoxy) is 1. The number of nitrogens with two attached hydrogens (primary N) is 1. The van der Waals surface area contributed by atoms with Crippen LogP contribution in [0.25, 0.3) is 10.9 Å². The van der Waals surface area contributed by atoms with Gasteiger partial charge in [0.25, 0.3) is 5.91 Å². The minimum Gasteiger partial charge on any atom is -0.510 e. The molecule has 1 aliphatic rings. The third-order valence-electron chi connectivity index (χ3n) is 6.38. The third kappa shape index (κ3) is 6.78. The summed E-state index contributed by atoms with van der Waals surface area (Å²) >= 11 is 0. The number of aliphatic hydroxyl groups excluding tert-OH is 1. The zero-order chi connectivity index (χ0) is 25.6. The van der Waals surface area contributed by atoms with Crippen molar-refractivity contribution in [2.24, 2.45) is 16.6 Å². The Morgan fingerprint density at radius 2 is 2.11 bits per heavy atom. The first-order valence-corrected chi connectivity index (χ1v) is 12.4. The molecule has 0 bridgehead atoms. The number of carbonyl (C=O) groups excluding carboxylic acids is 1. The van der Waals surface area contributed by atoms with E-state index in [0.717, 1.165) is 12.8 Å². The first-order valence-electron chi connectivity index (χ1n) is 12.4. The van der Waals surface area contributed by atoms with E-state index in [1.165, 1.54) is 20.2 Å². The van der Waals surface area contributed by atoms with Gasteiger partial charge in [0.1, 0.15) is 22.7 Å². The molecule has 0 saturated heterocycles. The molecule has 1 amide bonds. The standard InChI is InChI=1S/C27H37FN4O3/c1-5-13-27(3,28)23-12-10-20-18(9-11-22(35-4)24(20)32-23)16-30-25(21(33)14-19(29)6-2)26(34)31-15-17-7-8-17/h9-12,16-17,19,33H,5-8,13-15,29H2,1-4H3,(H,31,34)/b25-21-,30-16?/t19-,27?/m0/s1. The zero-order valence-electron chi connectivity index (χ0n) is 21.1. The van der Waals surface area contributed by atoms with Gasteiger partial charge >= 0.3 is 0 Å². The summed E-state index contributed by atoms with van der Waals surface area (Å²) in [4.78, 5) is 21.8. The molecule has 1 aromatic heterocycles. The molecule has 0 spiro atoms. The molecule has 8 heteroatoms. The Bertz CT molecular complexity index is 1110. The van der Waals surface area contributed by atoms with E-state index in [-0.39, 0.29) is 23.9 Å². The Morgan fingerprint density at radius 3 is 2.74 bits per heavy atom. The van der Waals surface area contributed by atoms with E-state index in [4.69, 9.17) is 10.5 Å². The molecular weight excluding hydrogens is 447 g/mol. The predicted molar refractivity (Wildman–Crippen MR) is 138 cm³/mol. The fraction of sp³-hybridized carbons (Fsp3) is 0.519. The predicted octanol–water partition coefficient (Wildman–Crippen LogP) is 5.07. The van der Waals surface area contributed by atoms with E-state index in [1.54, 1.807) is 24.3 Å². The van der Waals surface area contributed by atoms with Crippen LogP contribution in [-0.2, 0) is 10.5 Å². The van der Waals surface area contributed by atoms with Gasteiger partial charge in [0.2, 0.25) is 0 Å². The van der Waals surface area contributed by atoms with E-state index in [0.29, 0.717) is 59.6 Å². The molecule has 2 atom stereocenters. The lowest BCUT2D eigenvalue weighted by Gasteiger charge is -2.20. The molecule has 190 valence electrons. The van der Waals surface area contributed by atoms with Gasteiger partial charge in [-0.2, -0.15) is 0 Å². The van der Waals surface area contributed by atoms with Crippen LogP contribution in [0.1, 0.15) is 70.6 Å². The van der Waals surface area contributed by atoms with Crippen molar-refractivity contribution in [3.05, 3.63) is 47.0 Å². The van der Waals surface area contributed by atoms with Crippen LogP contribution in [0.3, 0.4) is 0 Å². The molecule has 2 aromatic rings. The third-order valence-corrected chi connectivity index (χ3v) is 6.38. The Hall–Kier alpha value is -3.00. The summed E-state index contributed by atoms with van der Waals surface area (Å²) in [7, 11) is 1.54. The number of aliphatic hydroxyl groups is 1. The average Bonchev–Trinajstić information content (AvgIpc) is 3.66. The molecule has 1 heterocycles. The van der Waals surface area contributed by atoms with Gasteiger partial charge in [0.15, 0.2) is 5.70 Å². The molecule has 1 saturated carbocycles. The highest BCUT2D eigenvalue weighted by atomic mass is 19.1. The largest absolute Gasteiger partial charge is 0.510 e. The topological polar surface area (TPSA) is 110 Å². The van der Waals surface area contributed by atoms with Crippen molar-refractivity contribution in [2.75, 3.05) is 13.7 Å². The summed E-state index contributed by atoms with van der Waals surface area (Å²) < 4.78 is 20.6. The minimum absolute atomic E-state index is 0.0534. The molecule has 0 aliphatic heterocycles. The van der Waals surface area contributed by atoms with Crippen LogP contribution in [0.4, 0.5) is 4.39 Å². The summed E-state index contributed by atoms with van der Waals surface area (Å²) in [5.41, 5.74) is 5.90. The minimum atomic E-state index is -1.56. The highest BCUT2D eigenvalue weighted by Gasteiger charge is 2.27. The van der Waals surface area contributed by atoms with Crippen molar-refractivity contribution in [1.29, 1.82) is 0 Å². The number of aliphatic imine (C=N–C) groups is 1. The first kappa shape index (κ1) is 26.6. The Kier molecular flexibility index (Phi) is 8.83. The number of fused-ring (bicyclic) bond motifs is 1. The van der Waals surface area contributed by atoms with Crippen LogP contribution in [0.15, 0.2) is 40.7 Å². The van der Waals surface area contributed by atoms with Crippen LogP contribution in [0.2, 0.25) is 0 Å². The van der Waals surface area contributed by atoms with Crippen molar-refractivity contribution in [1.82, 2.24) is 10.3 Å². The Balaban J connectivity index is 2.00. The van der Waals surface area contributed by atoms with Gasteiger partial charge in [-0.15, -0.1) is 0 Å². The van der Waals surface area contributed by atoms with E-state index >= 15 is 4.39 Å². The van der Waals surface area contributed by atoms with Gasteiger partial charge in [-0.3, -0.25) is 4.79 Å². The maximum atomic E-state index is 15.2. The second-order valence-corrected chi connectivity index (χ2v) is 9.48. The van der Waals surface area contributed by atoms with Crippen LogP contribution >= 0.6 is 0 Å². The Labute approximate surface area is 206 Å². The lowest BCUT2D eigenvalue weighted by Crippen LogP contribution is -2.28. The Morgan fingerprint density at radius 1 is 1.37 bits per heavy atom. The average molecular weight is 485 g/mol. The van der Waals surface area contributed by atoms with Gasteiger partial charge < -0.3 is 20.9 Å². The summed E-state index contributed by atoms with van der Waals surface area (Å²) in [6.45, 7) is 5.94. The maximum Gasteiger partial charge on any atom is 0.273 e. The van der Waals surface area contributed by atoms with Gasteiger partial charge in [0.05, 0.1) is 12.8 Å². The number of nitrogens with zero attached hydrogens (tertiary/aromatic N) is 2. The number of carbonyl (C=O) groups is 1. The summed E-state index contributed by atoms with van der Waals surface area (Å²) in [5.74, 6) is 0.430. The number of halogens is 1. The number of hydrogen-bond acceptors (Lipinski definition) is 6. The van der Waals surface area contributed by atoms with Crippen molar-refractivity contribution < 1.29 is 19.0 Å². The normalized spacial score (nSPS) is 17.2. The maximum absolute atomic E-state index is 15.2. The lowest BCUT2D eigenvalue weighted by atomic mass is 9.96. The second-order valence-electron chi connectivity index (χ2n) is 9.48. The van der Waals surface area contributed by atoms with E-state index < -0.39 is 11.6 Å². The number of pyridine rings is 1. The number of methoxy groups -OCH3 is 1. The SMILES string of the molecule is CCCC(C)(F)c1ccc2c(C=N/C(C(=O)NCC3CC3)=C(\O)C[C@@H](N)CC)ccc(OC)c2n1. The van der Waals surface area contributed by atoms with Gasteiger partial charge in [-0.25, -0.2) is 14.4 Å². The van der Waals surface area contributed by atoms with Crippen molar-refractivity contribution in [3.8, 4) is 5.75 Å². The smallest absolute Gasteiger partial charge is 0.273 e. The van der Waals surface area contributed by atoms with Crippen molar-refractivity contribution in [3.63, 3.8) is 0 Å². The summed E-state index contributed by atoms with van der Waals surface area (Å²) in [6, 6.07) is 6.71. The fourth-order valence-corrected chi connectivity index (χ4v) is 3.91. The number of hydrogen-bond donors (Lipinski definition) is 3. The molecular formula is C27H37FN4O3. The van der Waals surface area contributed by atoms with Crippen molar-refractivity contribution >= 4 is 23.0 Å². The number of aromatic nitrogens is 1. The molecule has 4 N–H and O–H groups in total. The molecule has 3 rings (SSSR count). The molecule has 1 aromatic carbocycles. The van der Waals surface area contributed by atoms with Crippen LogP contribution in [-0.4, -0.2) is 41.9 Å². The monoisotopic (exact) mass is 484 g/mol. The number of nitrogens with one attached hydrogen (secondary N) is 1. The van der Waals surface area contributed by atoms with E-state index in [9.17, 15) is 9.90 Å². The van der Waals surface area contributed by atoms with Gasteiger partial charge in [-0.1, -0.05) is 26.3 Å². The van der Waals surface area contributed by atoms with Crippen molar-refractivity contribution in [2.45, 2.75) is 71.0 Å². The lowest BCUT2D eigenvalue weighted by molar-refractivity contribution is -0.117. The van der Waals surface area contributed by atoms with Crippen LogP contribution < -0.4 is 15.8 Å².